The summed E-state index contributed by atoms with van der Waals surface area (Å²) in [5.41, 5.74) is 2.01. The van der Waals surface area contributed by atoms with Gasteiger partial charge in [-0.25, -0.2) is 8.78 Å². The summed E-state index contributed by atoms with van der Waals surface area (Å²) in [7, 11) is 0. The van der Waals surface area contributed by atoms with Gasteiger partial charge in [-0.1, -0.05) is 43.3 Å². The Kier molecular flexibility index (Phi) is 5.30. The van der Waals surface area contributed by atoms with Crippen LogP contribution in [0.2, 0.25) is 0 Å². The molecule has 29 heavy (non-hydrogen) atoms. The first-order chi connectivity index (χ1) is 13.9. The maximum Gasteiger partial charge on any atom is 0.200 e. The topological polar surface area (TPSA) is 38.7 Å². The molecule has 0 amide bonds. The molecule has 150 valence electrons. The number of rotatable bonds is 3. The first-order valence-electron chi connectivity index (χ1n) is 9.24. The second-order valence-electron chi connectivity index (χ2n) is 7.18. The molecule has 1 aliphatic rings. The minimum atomic E-state index is -1.30. The molecule has 3 aromatic rings. The highest BCUT2D eigenvalue weighted by Crippen LogP contribution is 2.33. The van der Waals surface area contributed by atoms with Crippen molar-refractivity contribution in [3.8, 4) is 28.0 Å². The van der Waals surface area contributed by atoms with Gasteiger partial charge in [0.05, 0.1) is 13.2 Å². The lowest BCUT2D eigenvalue weighted by molar-refractivity contribution is -0.202. The minimum absolute atomic E-state index is 0.0171. The van der Waals surface area contributed by atoms with E-state index in [4.69, 9.17) is 9.47 Å². The van der Waals surface area contributed by atoms with Crippen molar-refractivity contribution in [3.05, 3.63) is 77.6 Å². The van der Waals surface area contributed by atoms with Crippen LogP contribution < -0.4 is 0 Å². The Morgan fingerprint density at radius 1 is 0.793 bits per heavy atom. The van der Waals surface area contributed by atoms with Crippen molar-refractivity contribution in [2.45, 2.75) is 13.2 Å². The van der Waals surface area contributed by atoms with E-state index >= 15 is 0 Å². The molecule has 0 spiro atoms. The van der Waals surface area contributed by atoms with E-state index in [9.17, 15) is 18.3 Å². The van der Waals surface area contributed by atoms with E-state index in [0.29, 0.717) is 41.4 Å². The standard InChI is InChI=1S/C23H19F3O3/c1-13-11-28-23(29-12-13)16-6-7-17(19(24)10-16)14-2-4-15(5-3-14)18-8-9-20(27)22(26)21(18)25/h2-10,13,23,27H,11-12H2,1H3. The van der Waals surface area contributed by atoms with Crippen LogP contribution in [0.1, 0.15) is 18.8 Å². The maximum absolute atomic E-state index is 14.7. The molecule has 0 aromatic heterocycles. The van der Waals surface area contributed by atoms with Crippen LogP contribution in [0.3, 0.4) is 0 Å². The monoisotopic (exact) mass is 400 g/mol. The van der Waals surface area contributed by atoms with Crippen LogP contribution in [0, 0.1) is 23.4 Å². The minimum Gasteiger partial charge on any atom is -0.505 e. The van der Waals surface area contributed by atoms with Gasteiger partial charge >= 0.3 is 0 Å². The Labute approximate surface area is 166 Å². The number of phenolic OH excluding ortho intramolecular Hbond substituents is 1. The molecule has 1 aliphatic heterocycles. The molecule has 0 aliphatic carbocycles. The zero-order valence-corrected chi connectivity index (χ0v) is 15.7. The zero-order chi connectivity index (χ0) is 20.5. The van der Waals surface area contributed by atoms with Gasteiger partial charge in [0.15, 0.2) is 17.9 Å². The molecule has 0 radical (unpaired) electrons. The van der Waals surface area contributed by atoms with Gasteiger partial charge in [-0.2, -0.15) is 4.39 Å². The van der Waals surface area contributed by atoms with Crippen molar-refractivity contribution < 1.29 is 27.8 Å². The fourth-order valence-corrected chi connectivity index (χ4v) is 3.30. The third-order valence-electron chi connectivity index (χ3n) is 4.90. The van der Waals surface area contributed by atoms with Gasteiger partial charge in [-0.05, 0) is 29.3 Å². The van der Waals surface area contributed by atoms with Crippen LogP contribution in [-0.2, 0) is 9.47 Å². The predicted molar refractivity (Wildman–Crippen MR) is 103 cm³/mol. The van der Waals surface area contributed by atoms with Gasteiger partial charge in [0.25, 0.3) is 0 Å². The molecule has 0 atom stereocenters. The number of benzene rings is 3. The van der Waals surface area contributed by atoms with Gasteiger partial charge in [-0.3, -0.25) is 0 Å². The Morgan fingerprint density at radius 2 is 1.38 bits per heavy atom. The summed E-state index contributed by atoms with van der Waals surface area (Å²) in [6.45, 7) is 3.13. The highest BCUT2D eigenvalue weighted by Gasteiger charge is 2.22. The number of aromatic hydroxyl groups is 1. The average molecular weight is 400 g/mol. The first kappa shape index (κ1) is 19.5. The molecule has 1 heterocycles. The molecule has 1 saturated heterocycles. The number of hydrogen-bond donors (Lipinski definition) is 1. The fourth-order valence-electron chi connectivity index (χ4n) is 3.30. The largest absolute Gasteiger partial charge is 0.505 e. The van der Waals surface area contributed by atoms with Gasteiger partial charge in [0.2, 0.25) is 5.82 Å². The third kappa shape index (κ3) is 3.86. The lowest BCUT2D eigenvalue weighted by Gasteiger charge is -2.27. The van der Waals surface area contributed by atoms with E-state index in [1.54, 1.807) is 36.4 Å². The highest BCUT2D eigenvalue weighted by atomic mass is 19.2. The summed E-state index contributed by atoms with van der Waals surface area (Å²) in [6.07, 6.45) is -0.579. The van der Waals surface area contributed by atoms with E-state index < -0.39 is 29.5 Å². The molecule has 3 aromatic carbocycles. The molecule has 1 fully saturated rings. The number of ether oxygens (including phenoxy) is 2. The molecule has 0 bridgehead atoms. The molecule has 3 nitrogen and oxygen atoms in total. The second kappa shape index (κ2) is 7.89. The van der Waals surface area contributed by atoms with Crippen molar-refractivity contribution >= 4 is 0 Å². The molecule has 6 heteroatoms. The zero-order valence-electron chi connectivity index (χ0n) is 15.7. The van der Waals surface area contributed by atoms with Gasteiger partial charge in [0, 0.05) is 22.6 Å². The van der Waals surface area contributed by atoms with Crippen molar-refractivity contribution in [1.82, 2.24) is 0 Å². The highest BCUT2D eigenvalue weighted by molar-refractivity contribution is 5.71. The van der Waals surface area contributed by atoms with Gasteiger partial charge < -0.3 is 14.6 Å². The van der Waals surface area contributed by atoms with Crippen molar-refractivity contribution in [2.75, 3.05) is 13.2 Å². The van der Waals surface area contributed by atoms with E-state index in [2.05, 4.69) is 0 Å². The van der Waals surface area contributed by atoms with E-state index in [1.165, 1.54) is 12.1 Å². The summed E-state index contributed by atoms with van der Waals surface area (Å²) >= 11 is 0. The summed E-state index contributed by atoms with van der Waals surface area (Å²) in [5.74, 6) is -3.29. The smallest absolute Gasteiger partial charge is 0.200 e. The number of hydrogen-bond acceptors (Lipinski definition) is 3. The van der Waals surface area contributed by atoms with Crippen LogP contribution in [-0.4, -0.2) is 18.3 Å². The van der Waals surface area contributed by atoms with E-state index in [-0.39, 0.29) is 5.56 Å². The van der Waals surface area contributed by atoms with Gasteiger partial charge in [-0.15, -0.1) is 0 Å². The molecular formula is C23H19F3O3. The van der Waals surface area contributed by atoms with Crippen LogP contribution >= 0.6 is 0 Å². The Balaban J connectivity index is 1.59. The second-order valence-corrected chi connectivity index (χ2v) is 7.18. The fraction of sp³-hybridized carbons (Fsp3) is 0.217. The summed E-state index contributed by atoms with van der Waals surface area (Å²) < 4.78 is 53.6. The van der Waals surface area contributed by atoms with Crippen LogP contribution in [0.25, 0.3) is 22.3 Å². The Morgan fingerprint density at radius 3 is 2.00 bits per heavy atom. The van der Waals surface area contributed by atoms with E-state index in [0.717, 1.165) is 6.07 Å². The van der Waals surface area contributed by atoms with Crippen LogP contribution in [0.15, 0.2) is 54.6 Å². The van der Waals surface area contributed by atoms with Crippen molar-refractivity contribution in [1.29, 1.82) is 0 Å². The van der Waals surface area contributed by atoms with E-state index in [1.807, 2.05) is 6.92 Å². The normalized spacial score (nSPS) is 19.3. The molecule has 0 unspecified atom stereocenters. The number of halogens is 3. The lowest BCUT2D eigenvalue weighted by Crippen LogP contribution is -2.25. The predicted octanol–water partition coefficient (Wildman–Crippen LogP) is 5.83. The quantitative estimate of drug-likeness (QED) is 0.602. The molecule has 0 saturated carbocycles. The summed E-state index contributed by atoms with van der Waals surface area (Å²) in [5, 5.41) is 9.25. The average Bonchev–Trinajstić information content (AvgIpc) is 2.73. The maximum atomic E-state index is 14.7. The third-order valence-corrected chi connectivity index (χ3v) is 4.90. The van der Waals surface area contributed by atoms with Crippen LogP contribution in [0.5, 0.6) is 5.75 Å². The number of phenols is 1. The molecular weight excluding hydrogens is 381 g/mol. The Bertz CT molecular complexity index is 1030. The Hall–Kier alpha value is -2.83. The summed E-state index contributed by atoms with van der Waals surface area (Å²) in [4.78, 5) is 0. The van der Waals surface area contributed by atoms with Gasteiger partial charge in [0.1, 0.15) is 5.82 Å². The molecule has 4 rings (SSSR count). The lowest BCUT2D eigenvalue weighted by atomic mass is 9.98. The van der Waals surface area contributed by atoms with Crippen molar-refractivity contribution in [2.24, 2.45) is 5.92 Å². The SMILES string of the molecule is CC1COC(c2ccc(-c3ccc(-c4ccc(O)c(F)c4F)cc3)c(F)c2)OC1. The van der Waals surface area contributed by atoms with Crippen LogP contribution in [0.4, 0.5) is 13.2 Å². The first-order valence-corrected chi connectivity index (χ1v) is 9.24. The van der Waals surface area contributed by atoms with Crippen molar-refractivity contribution in [3.63, 3.8) is 0 Å². The summed E-state index contributed by atoms with van der Waals surface area (Å²) in [6, 6.07) is 13.6. The molecule has 1 N–H and O–H groups in total.